The van der Waals surface area contributed by atoms with Crippen molar-refractivity contribution >= 4 is 5.84 Å². The van der Waals surface area contributed by atoms with Gasteiger partial charge in [0.25, 0.3) is 5.91 Å². The molecule has 2 fully saturated rings. The zero-order chi connectivity index (χ0) is 16.5. The molecule has 116 valence electrons. The second-order valence-corrected chi connectivity index (χ2v) is 6.14. The predicted octanol–water partition coefficient (Wildman–Crippen LogP) is 1.40. The highest BCUT2D eigenvalue weighted by Gasteiger charge is 2.94. The molecule has 3 aliphatic rings. The van der Waals surface area contributed by atoms with Crippen LogP contribution in [-0.2, 0) is 9.47 Å². The Morgan fingerprint density at radius 3 is 2.52 bits per heavy atom. The van der Waals surface area contributed by atoms with Crippen LogP contribution in [0.4, 0.5) is 4.39 Å². The summed E-state index contributed by atoms with van der Waals surface area (Å²) in [7, 11) is 0. The van der Waals surface area contributed by atoms with Gasteiger partial charge in [-0.3, -0.25) is 0 Å². The quantitative estimate of drug-likeness (QED) is 0.844. The van der Waals surface area contributed by atoms with Crippen LogP contribution in [0.5, 0.6) is 0 Å². The van der Waals surface area contributed by atoms with Gasteiger partial charge in [-0.25, -0.2) is 9.38 Å². The standard InChI is InChI=1S/C16H13FN4O2/c1-9-6-22-16(23-9)15(8-19)12(10-2-4-11(17)5-3-10)14(15,7-18)13(20)21-16/h2-5,9,12H,6H2,1H3,(H2,20,21)/t9-,12-,14-,15-,16+/m1/s1. The van der Waals surface area contributed by atoms with Gasteiger partial charge in [0, 0.05) is 5.92 Å². The number of fused-ring (bicyclic) bond motifs is 2. The number of ether oxygens (including phenoxy) is 2. The molecule has 0 bridgehead atoms. The highest BCUT2D eigenvalue weighted by Crippen LogP contribution is 2.82. The summed E-state index contributed by atoms with van der Waals surface area (Å²) in [4.78, 5) is 4.21. The molecule has 1 spiro atoms. The molecule has 0 unspecified atom stereocenters. The van der Waals surface area contributed by atoms with Crippen LogP contribution in [0.25, 0.3) is 0 Å². The number of hydrogen-bond acceptors (Lipinski definition) is 6. The minimum Gasteiger partial charge on any atom is -0.386 e. The van der Waals surface area contributed by atoms with Crippen molar-refractivity contribution in [2.24, 2.45) is 21.6 Å². The Bertz CT molecular complexity index is 811. The lowest BCUT2D eigenvalue weighted by Gasteiger charge is -2.26. The fourth-order valence-corrected chi connectivity index (χ4v) is 4.02. The maximum absolute atomic E-state index is 13.2. The maximum Gasteiger partial charge on any atom is 0.293 e. The van der Waals surface area contributed by atoms with Crippen LogP contribution in [0.3, 0.4) is 0 Å². The van der Waals surface area contributed by atoms with Crippen molar-refractivity contribution in [3.8, 4) is 12.1 Å². The third kappa shape index (κ3) is 1.31. The Morgan fingerprint density at radius 1 is 1.30 bits per heavy atom. The molecule has 0 radical (unpaired) electrons. The van der Waals surface area contributed by atoms with Gasteiger partial charge in [-0.1, -0.05) is 12.1 Å². The molecular formula is C16H13FN4O2. The fourth-order valence-electron chi connectivity index (χ4n) is 4.02. The van der Waals surface area contributed by atoms with E-state index in [1.807, 2.05) is 0 Å². The molecule has 1 saturated heterocycles. The molecule has 2 aliphatic heterocycles. The number of rotatable bonds is 1. The first-order valence-electron chi connectivity index (χ1n) is 7.23. The Morgan fingerprint density at radius 2 is 2.00 bits per heavy atom. The first kappa shape index (κ1) is 14.1. The molecule has 6 nitrogen and oxygen atoms in total. The highest BCUT2D eigenvalue weighted by molar-refractivity contribution is 6.00. The van der Waals surface area contributed by atoms with Gasteiger partial charge < -0.3 is 15.2 Å². The SMILES string of the molecule is C[C@@H]1CO[C@]2(N=C(N)[C@@]3(C#N)[C@@H](c4ccc(F)cc4)[C@@]23C#N)O1. The number of nitriles is 2. The molecule has 5 atom stereocenters. The van der Waals surface area contributed by atoms with Crippen molar-refractivity contribution < 1.29 is 13.9 Å². The van der Waals surface area contributed by atoms with Gasteiger partial charge in [0.15, 0.2) is 5.41 Å². The minimum atomic E-state index is -1.57. The van der Waals surface area contributed by atoms with Gasteiger partial charge in [0.1, 0.15) is 17.1 Å². The monoisotopic (exact) mass is 312 g/mol. The summed E-state index contributed by atoms with van der Waals surface area (Å²) in [5.74, 6) is -2.51. The molecule has 2 N–H and O–H groups in total. The lowest BCUT2D eigenvalue weighted by atomic mass is 9.94. The Kier molecular flexibility index (Phi) is 2.51. The van der Waals surface area contributed by atoms with Gasteiger partial charge >= 0.3 is 0 Å². The van der Waals surface area contributed by atoms with Crippen molar-refractivity contribution in [1.29, 1.82) is 10.5 Å². The van der Waals surface area contributed by atoms with Crippen molar-refractivity contribution in [3.63, 3.8) is 0 Å². The number of benzene rings is 1. The van der Waals surface area contributed by atoms with Crippen LogP contribution in [0, 0.1) is 39.3 Å². The van der Waals surface area contributed by atoms with Crippen LogP contribution in [0.1, 0.15) is 18.4 Å². The van der Waals surface area contributed by atoms with Gasteiger partial charge in [-0.05, 0) is 24.6 Å². The Labute approximate surface area is 131 Å². The van der Waals surface area contributed by atoms with Crippen molar-refractivity contribution in [1.82, 2.24) is 0 Å². The van der Waals surface area contributed by atoms with Crippen LogP contribution < -0.4 is 5.73 Å². The summed E-state index contributed by atoms with van der Waals surface area (Å²) < 4.78 is 24.7. The molecule has 1 aromatic carbocycles. The fraction of sp³-hybridized carbons (Fsp3) is 0.438. The van der Waals surface area contributed by atoms with E-state index < -0.39 is 28.5 Å². The molecule has 23 heavy (non-hydrogen) atoms. The van der Waals surface area contributed by atoms with E-state index in [9.17, 15) is 14.9 Å². The third-order valence-corrected chi connectivity index (χ3v) is 5.01. The first-order valence-corrected chi connectivity index (χ1v) is 7.23. The lowest BCUT2D eigenvalue weighted by molar-refractivity contribution is -0.193. The summed E-state index contributed by atoms with van der Waals surface area (Å²) >= 11 is 0. The molecule has 0 amide bonds. The zero-order valence-electron chi connectivity index (χ0n) is 12.3. The second-order valence-electron chi connectivity index (χ2n) is 6.14. The predicted molar refractivity (Wildman–Crippen MR) is 76.1 cm³/mol. The van der Waals surface area contributed by atoms with E-state index in [1.54, 1.807) is 19.1 Å². The zero-order valence-corrected chi connectivity index (χ0v) is 12.3. The van der Waals surface area contributed by atoms with E-state index in [-0.39, 0.29) is 18.5 Å². The number of halogens is 1. The molecule has 1 saturated carbocycles. The minimum absolute atomic E-state index is 0.0324. The van der Waals surface area contributed by atoms with Gasteiger partial charge in [0.2, 0.25) is 0 Å². The molecule has 2 heterocycles. The van der Waals surface area contributed by atoms with E-state index >= 15 is 0 Å². The van der Waals surface area contributed by atoms with Gasteiger partial charge in [-0.2, -0.15) is 10.5 Å². The van der Waals surface area contributed by atoms with Crippen molar-refractivity contribution in [2.45, 2.75) is 24.9 Å². The van der Waals surface area contributed by atoms with Crippen LogP contribution in [-0.4, -0.2) is 24.5 Å². The highest BCUT2D eigenvalue weighted by atomic mass is 19.1. The summed E-state index contributed by atoms with van der Waals surface area (Å²) in [5, 5.41) is 19.7. The maximum atomic E-state index is 13.2. The number of aliphatic imine (C=N–C) groups is 1. The van der Waals surface area contributed by atoms with Gasteiger partial charge in [0.05, 0.1) is 24.8 Å². The van der Waals surface area contributed by atoms with Crippen molar-refractivity contribution in [2.75, 3.05) is 6.61 Å². The van der Waals surface area contributed by atoms with E-state index in [0.717, 1.165) is 0 Å². The number of nitrogens with two attached hydrogens (primary N) is 1. The molecule has 4 rings (SSSR count). The number of nitrogens with zero attached hydrogens (tertiary/aromatic N) is 3. The molecule has 1 aromatic rings. The average Bonchev–Trinajstić information content (AvgIpc) is 2.92. The number of amidine groups is 1. The smallest absolute Gasteiger partial charge is 0.293 e. The first-order chi connectivity index (χ1) is 11.0. The Balaban J connectivity index is 1.91. The second kappa shape index (κ2) is 4.08. The van der Waals surface area contributed by atoms with E-state index in [1.165, 1.54) is 12.1 Å². The lowest BCUT2D eigenvalue weighted by Crippen LogP contribution is -2.39. The molecule has 0 aromatic heterocycles. The largest absolute Gasteiger partial charge is 0.386 e. The molecule has 7 heteroatoms. The van der Waals surface area contributed by atoms with Crippen LogP contribution in [0.2, 0.25) is 0 Å². The summed E-state index contributed by atoms with van der Waals surface area (Å²) in [6.07, 6.45) is -0.263. The Hall–Kier alpha value is -2.48. The van der Waals surface area contributed by atoms with E-state index in [4.69, 9.17) is 15.2 Å². The molecule has 1 aliphatic carbocycles. The summed E-state index contributed by atoms with van der Waals surface area (Å²) in [5.41, 5.74) is 3.99. The normalized spacial score (nSPS) is 43.6. The van der Waals surface area contributed by atoms with Crippen LogP contribution in [0.15, 0.2) is 29.3 Å². The van der Waals surface area contributed by atoms with E-state index in [0.29, 0.717) is 5.56 Å². The summed E-state index contributed by atoms with van der Waals surface area (Å²) in [6, 6.07) is 10.0. The van der Waals surface area contributed by atoms with Gasteiger partial charge in [-0.15, -0.1) is 0 Å². The third-order valence-electron chi connectivity index (χ3n) is 5.01. The van der Waals surface area contributed by atoms with Crippen LogP contribution >= 0.6 is 0 Å². The summed E-state index contributed by atoms with van der Waals surface area (Å²) in [6.45, 7) is 2.06. The number of hydrogen-bond donors (Lipinski definition) is 1. The van der Waals surface area contributed by atoms with Crippen molar-refractivity contribution in [3.05, 3.63) is 35.6 Å². The topological polar surface area (TPSA) is 104 Å². The molecular weight excluding hydrogens is 299 g/mol. The van der Waals surface area contributed by atoms with E-state index in [2.05, 4.69) is 17.1 Å². The average molecular weight is 312 g/mol.